The molecule has 1 aliphatic heterocycles. The maximum Gasteiger partial charge on any atom is 0.0686 e. The Hall–Kier alpha value is -0.630. The fourth-order valence-corrected chi connectivity index (χ4v) is 4.12. The molecule has 118 valence electrons. The molecule has 2 rings (SSSR count). The van der Waals surface area contributed by atoms with Crippen molar-refractivity contribution in [2.45, 2.75) is 76.0 Å². The molecule has 0 spiro atoms. The fraction of sp³-hybridized carbons (Fsp3) is 0.684. The summed E-state index contributed by atoms with van der Waals surface area (Å²) in [5.41, 5.74) is 1.46. The molecule has 1 aromatic carbocycles. The minimum Gasteiger partial charge on any atom is -0.361 e. The van der Waals surface area contributed by atoms with Crippen LogP contribution in [0.4, 0.5) is 5.69 Å². The molecule has 0 saturated heterocycles. The topological polar surface area (TPSA) is 3.24 Å². The van der Waals surface area contributed by atoms with E-state index < -0.39 is 0 Å². The standard InChI is InChI=1S/C19H31NS/c1-2-3-4-5-6-7-8-9-10-13-16-20-17-21-19-15-12-11-14-18(19)20/h11-12,14-15H,2-10,13,16-17H2,1H3. The van der Waals surface area contributed by atoms with Gasteiger partial charge in [-0.15, -0.1) is 11.8 Å². The van der Waals surface area contributed by atoms with Crippen molar-refractivity contribution in [1.82, 2.24) is 0 Å². The van der Waals surface area contributed by atoms with Crippen molar-refractivity contribution in [3.8, 4) is 0 Å². The van der Waals surface area contributed by atoms with Crippen LogP contribution in [0.3, 0.4) is 0 Å². The van der Waals surface area contributed by atoms with E-state index in [1.165, 1.54) is 81.3 Å². The Morgan fingerprint density at radius 3 is 2.19 bits per heavy atom. The average molecular weight is 306 g/mol. The van der Waals surface area contributed by atoms with Crippen molar-refractivity contribution in [1.29, 1.82) is 0 Å². The molecule has 0 bridgehead atoms. The summed E-state index contributed by atoms with van der Waals surface area (Å²) in [6, 6.07) is 8.83. The number of hydrogen-bond donors (Lipinski definition) is 0. The van der Waals surface area contributed by atoms with E-state index in [9.17, 15) is 0 Å². The Labute approximate surface area is 135 Å². The van der Waals surface area contributed by atoms with Gasteiger partial charge in [-0.2, -0.15) is 0 Å². The molecular weight excluding hydrogens is 274 g/mol. The molecule has 0 fully saturated rings. The summed E-state index contributed by atoms with van der Waals surface area (Å²) in [5, 5.41) is 0. The number of fused-ring (bicyclic) bond motifs is 1. The van der Waals surface area contributed by atoms with Crippen molar-refractivity contribution in [2.75, 3.05) is 17.3 Å². The minimum atomic E-state index is 1.15. The lowest BCUT2D eigenvalue weighted by molar-refractivity contribution is 0.556. The second-order valence-electron chi connectivity index (χ2n) is 6.19. The Bertz CT molecular complexity index is 391. The van der Waals surface area contributed by atoms with Crippen LogP contribution < -0.4 is 4.90 Å². The highest BCUT2D eigenvalue weighted by Crippen LogP contribution is 2.37. The van der Waals surface area contributed by atoms with Gasteiger partial charge in [-0.25, -0.2) is 0 Å². The second kappa shape index (κ2) is 10.2. The van der Waals surface area contributed by atoms with Crippen molar-refractivity contribution in [3.63, 3.8) is 0 Å². The van der Waals surface area contributed by atoms with Crippen molar-refractivity contribution < 1.29 is 0 Å². The highest BCUT2D eigenvalue weighted by atomic mass is 32.2. The smallest absolute Gasteiger partial charge is 0.0686 e. The van der Waals surface area contributed by atoms with Gasteiger partial charge >= 0.3 is 0 Å². The third-order valence-electron chi connectivity index (χ3n) is 4.36. The number of hydrogen-bond acceptors (Lipinski definition) is 2. The van der Waals surface area contributed by atoms with E-state index >= 15 is 0 Å². The second-order valence-corrected chi connectivity index (χ2v) is 7.17. The molecule has 0 N–H and O–H groups in total. The summed E-state index contributed by atoms with van der Waals surface area (Å²) in [5.74, 6) is 1.15. The molecule has 1 aromatic rings. The summed E-state index contributed by atoms with van der Waals surface area (Å²) >= 11 is 1.98. The summed E-state index contributed by atoms with van der Waals surface area (Å²) < 4.78 is 0. The predicted octanol–water partition coefficient (Wildman–Crippen LogP) is 6.48. The fourth-order valence-electron chi connectivity index (χ4n) is 3.03. The molecule has 2 heteroatoms. The molecule has 0 saturated carbocycles. The normalized spacial score (nSPS) is 13.7. The zero-order valence-electron chi connectivity index (χ0n) is 13.7. The first kappa shape index (κ1) is 16.7. The van der Waals surface area contributed by atoms with Crippen LogP contribution in [0.15, 0.2) is 29.2 Å². The van der Waals surface area contributed by atoms with Gasteiger partial charge in [-0.05, 0) is 18.6 Å². The molecular formula is C19H31NS. The third-order valence-corrected chi connectivity index (χ3v) is 5.46. The van der Waals surface area contributed by atoms with E-state index in [-0.39, 0.29) is 0 Å². The lowest BCUT2D eigenvalue weighted by Crippen LogP contribution is -2.20. The number of anilines is 1. The number of rotatable bonds is 11. The Morgan fingerprint density at radius 1 is 0.857 bits per heavy atom. The largest absolute Gasteiger partial charge is 0.361 e. The predicted molar refractivity (Wildman–Crippen MR) is 96.4 cm³/mol. The maximum absolute atomic E-state index is 2.55. The first-order chi connectivity index (χ1) is 10.4. The molecule has 1 aliphatic rings. The molecule has 0 radical (unpaired) electrons. The zero-order chi connectivity index (χ0) is 14.8. The summed E-state index contributed by atoms with van der Waals surface area (Å²) in [6.07, 6.45) is 14.2. The summed E-state index contributed by atoms with van der Waals surface area (Å²) in [7, 11) is 0. The van der Waals surface area contributed by atoms with Gasteiger partial charge in [0.1, 0.15) is 0 Å². The van der Waals surface area contributed by atoms with Gasteiger partial charge < -0.3 is 4.90 Å². The Kier molecular flexibility index (Phi) is 8.09. The summed E-state index contributed by atoms with van der Waals surface area (Å²) in [6.45, 7) is 3.53. The van der Waals surface area contributed by atoms with Crippen LogP contribution in [0.5, 0.6) is 0 Å². The van der Waals surface area contributed by atoms with Crippen LogP contribution in [-0.2, 0) is 0 Å². The van der Waals surface area contributed by atoms with Crippen LogP contribution in [0.1, 0.15) is 71.1 Å². The van der Waals surface area contributed by atoms with E-state index in [1.54, 1.807) is 0 Å². The van der Waals surface area contributed by atoms with E-state index in [4.69, 9.17) is 0 Å². The first-order valence-corrected chi connectivity index (χ1v) is 9.87. The molecule has 0 aliphatic carbocycles. The van der Waals surface area contributed by atoms with E-state index in [1.807, 2.05) is 11.8 Å². The van der Waals surface area contributed by atoms with Gasteiger partial charge in [-0.3, -0.25) is 0 Å². The number of benzene rings is 1. The van der Waals surface area contributed by atoms with Crippen LogP contribution in [0.2, 0.25) is 0 Å². The van der Waals surface area contributed by atoms with Gasteiger partial charge in [0.15, 0.2) is 0 Å². The quantitative estimate of drug-likeness (QED) is 0.431. The van der Waals surface area contributed by atoms with Crippen LogP contribution >= 0.6 is 11.8 Å². The molecule has 0 atom stereocenters. The SMILES string of the molecule is CCCCCCCCCCCCN1CSc2ccccc21. The number of para-hydroxylation sites is 1. The van der Waals surface area contributed by atoms with Crippen LogP contribution in [0.25, 0.3) is 0 Å². The van der Waals surface area contributed by atoms with Gasteiger partial charge in [-0.1, -0.05) is 76.8 Å². The maximum atomic E-state index is 2.55. The first-order valence-electron chi connectivity index (χ1n) is 8.88. The minimum absolute atomic E-state index is 1.15. The zero-order valence-corrected chi connectivity index (χ0v) is 14.5. The molecule has 0 unspecified atom stereocenters. The van der Waals surface area contributed by atoms with Crippen LogP contribution in [0, 0.1) is 0 Å². The molecule has 1 nitrogen and oxygen atoms in total. The van der Waals surface area contributed by atoms with Gasteiger partial charge in [0.25, 0.3) is 0 Å². The number of thioether (sulfide) groups is 1. The third kappa shape index (κ3) is 5.94. The molecule has 21 heavy (non-hydrogen) atoms. The lowest BCUT2D eigenvalue weighted by Gasteiger charge is -2.18. The van der Waals surface area contributed by atoms with Gasteiger partial charge in [0, 0.05) is 11.4 Å². The number of unbranched alkanes of at least 4 members (excludes halogenated alkanes) is 9. The van der Waals surface area contributed by atoms with E-state index in [0.717, 1.165) is 5.88 Å². The highest BCUT2D eigenvalue weighted by Gasteiger charge is 2.17. The Morgan fingerprint density at radius 2 is 1.48 bits per heavy atom. The van der Waals surface area contributed by atoms with E-state index in [2.05, 4.69) is 36.1 Å². The monoisotopic (exact) mass is 305 g/mol. The molecule has 0 amide bonds. The highest BCUT2D eigenvalue weighted by molar-refractivity contribution is 7.99. The Balaban J connectivity index is 1.46. The molecule has 1 heterocycles. The average Bonchev–Trinajstić information content (AvgIpc) is 2.92. The molecule has 0 aromatic heterocycles. The van der Waals surface area contributed by atoms with E-state index in [0.29, 0.717) is 0 Å². The van der Waals surface area contributed by atoms with Crippen LogP contribution in [-0.4, -0.2) is 12.4 Å². The lowest BCUT2D eigenvalue weighted by atomic mass is 10.1. The van der Waals surface area contributed by atoms with Gasteiger partial charge in [0.2, 0.25) is 0 Å². The van der Waals surface area contributed by atoms with Crippen molar-refractivity contribution in [2.24, 2.45) is 0 Å². The summed E-state index contributed by atoms with van der Waals surface area (Å²) in [4.78, 5) is 4.01. The van der Waals surface area contributed by atoms with Crippen molar-refractivity contribution >= 4 is 17.4 Å². The number of nitrogens with zero attached hydrogens (tertiary/aromatic N) is 1. The van der Waals surface area contributed by atoms with Gasteiger partial charge in [0.05, 0.1) is 11.6 Å². The van der Waals surface area contributed by atoms with Crippen molar-refractivity contribution in [3.05, 3.63) is 24.3 Å².